The van der Waals surface area contributed by atoms with Gasteiger partial charge in [0.1, 0.15) is 5.82 Å². The molecule has 0 amide bonds. The summed E-state index contributed by atoms with van der Waals surface area (Å²) >= 11 is 0. The molecular weight excluding hydrogens is 339 g/mol. The van der Waals surface area contributed by atoms with E-state index in [9.17, 15) is 13.2 Å². The Morgan fingerprint density at radius 3 is 2.77 bits per heavy atom. The zero-order valence-electron chi connectivity index (χ0n) is 13.8. The lowest BCUT2D eigenvalue weighted by Gasteiger charge is -2.11. The molecule has 3 aromatic rings. The Kier molecular flexibility index (Phi) is 3.29. The summed E-state index contributed by atoms with van der Waals surface area (Å²) in [5.74, 6) is -3.03. The van der Waals surface area contributed by atoms with Crippen LogP contribution in [-0.4, -0.2) is 15.8 Å². The number of nitrogens with zero attached hydrogens (tertiary/aromatic N) is 3. The Morgan fingerprint density at radius 1 is 1.00 bits per heavy atom. The highest BCUT2D eigenvalue weighted by atomic mass is 19.2. The molecular formula is C20H14F3N3. The van der Waals surface area contributed by atoms with E-state index in [1.54, 1.807) is 0 Å². The van der Waals surface area contributed by atoms with Gasteiger partial charge in [0.15, 0.2) is 17.5 Å². The molecule has 2 aliphatic rings. The first-order chi connectivity index (χ1) is 12.6. The van der Waals surface area contributed by atoms with Crippen LogP contribution in [0.2, 0.25) is 0 Å². The summed E-state index contributed by atoms with van der Waals surface area (Å²) in [6.45, 7) is 1.43. The molecule has 1 aromatic heterocycles. The minimum Gasteiger partial charge on any atom is -0.327 e. The first kappa shape index (κ1) is 15.4. The van der Waals surface area contributed by atoms with E-state index >= 15 is 0 Å². The largest absolute Gasteiger partial charge is 0.327 e. The van der Waals surface area contributed by atoms with Gasteiger partial charge in [-0.05, 0) is 35.7 Å². The lowest BCUT2D eigenvalue weighted by Crippen LogP contribution is -1.99. The van der Waals surface area contributed by atoms with Crippen molar-refractivity contribution in [2.75, 3.05) is 0 Å². The molecule has 0 radical (unpaired) electrons. The third kappa shape index (κ3) is 2.14. The summed E-state index contributed by atoms with van der Waals surface area (Å²) in [6.07, 6.45) is 3.56. The van der Waals surface area contributed by atoms with E-state index in [0.29, 0.717) is 12.2 Å². The highest BCUT2D eigenvalue weighted by Crippen LogP contribution is 2.38. The highest BCUT2D eigenvalue weighted by Gasteiger charge is 2.27. The normalized spacial score (nSPS) is 14.7. The number of benzene rings is 2. The van der Waals surface area contributed by atoms with Gasteiger partial charge in [0.25, 0.3) is 0 Å². The zero-order valence-corrected chi connectivity index (χ0v) is 13.8. The van der Waals surface area contributed by atoms with E-state index < -0.39 is 17.5 Å². The quantitative estimate of drug-likeness (QED) is 0.623. The Hall–Kier alpha value is -2.89. The minimum absolute atomic E-state index is 0.0186. The van der Waals surface area contributed by atoms with Gasteiger partial charge in [-0.3, -0.25) is 4.99 Å². The fraction of sp³-hybridized carbons (Fsp3) is 0.200. The van der Waals surface area contributed by atoms with Gasteiger partial charge >= 0.3 is 0 Å². The Bertz CT molecular complexity index is 1080. The second-order valence-electron chi connectivity index (χ2n) is 6.59. The molecule has 0 spiro atoms. The second kappa shape index (κ2) is 5.56. The molecule has 6 heteroatoms. The molecule has 130 valence electrons. The van der Waals surface area contributed by atoms with Crippen LogP contribution in [0.4, 0.5) is 13.2 Å². The summed E-state index contributed by atoms with van der Waals surface area (Å²) in [7, 11) is 0. The maximum atomic E-state index is 14.4. The molecule has 5 rings (SSSR count). The first-order valence-corrected chi connectivity index (χ1v) is 8.50. The molecule has 26 heavy (non-hydrogen) atoms. The van der Waals surface area contributed by atoms with Crippen LogP contribution in [0, 0.1) is 17.5 Å². The average molecular weight is 353 g/mol. The number of fused-ring (bicyclic) bond motifs is 2. The number of hydrogen-bond acceptors (Lipinski definition) is 2. The van der Waals surface area contributed by atoms with E-state index in [-0.39, 0.29) is 5.56 Å². The summed E-state index contributed by atoms with van der Waals surface area (Å²) in [6, 6.07) is 8.15. The summed E-state index contributed by atoms with van der Waals surface area (Å²) in [4.78, 5) is 8.83. The van der Waals surface area contributed by atoms with Gasteiger partial charge in [0.05, 0.1) is 17.9 Å². The molecule has 0 unspecified atom stereocenters. The van der Waals surface area contributed by atoms with Crippen LogP contribution in [-0.2, 0) is 19.5 Å². The van der Waals surface area contributed by atoms with Crippen LogP contribution in [0.15, 0.2) is 35.3 Å². The smallest absolute Gasteiger partial charge is 0.195 e. The number of aliphatic imine (C=N–C) groups is 1. The molecule has 3 nitrogen and oxygen atoms in total. The van der Waals surface area contributed by atoms with E-state index in [2.05, 4.69) is 9.98 Å². The fourth-order valence-electron chi connectivity index (χ4n) is 3.76. The minimum atomic E-state index is -1.47. The van der Waals surface area contributed by atoms with Gasteiger partial charge in [-0.2, -0.15) is 0 Å². The topological polar surface area (TPSA) is 30.2 Å². The molecule has 3 heterocycles. The van der Waals surface area contributed by atoms with E-state index in [1.807, 2.05) is 29.0 Å². The molecule has 0 N–H and O–H groups in total. The SMILES string of the molecule is Fc1ccc(-c2nc3n(c2-c2ccc4c(c2)C=NC4)CCC3)c(F)c1F. The van der Waals surface area contributed by atoms with Gasteiger partial charge in [-0.1, -0.05) is 12.1 Å². The predicted molar refractivity (Wildman–Crippen MR) is 92.6 cm³/mol. The molecule has 2 aliphatic heterocycles. The van der Waals surface area contributed by atoms with Crippen molar-refractivity contribution < 1.29 is 13.2 Å². The Labute approximate surface area is 147 Å². The number of hydrogen-bond donors (Lipinski definition) is 0. The van der Waals surface area contributed by atoms with Crippen molar-refractivity contribution in [1.82, 2.24) is 9.55 Å². The van der Waals surface area contributed by atoms with Crippen LogP contribution >= 0.6 is 0 Å². The van der Waals surface area contributed by atoms with E-state index in [0.717, 1.165) is 53.7 Å². The maximum absolute atomic E-state index is 14.4. The summed E-state index contributed by atoms with van der Waals surface area (Å²) in [5, 5.41) is 0. The second-order valence-corrected chi connectivity index (χ2v) is 6.59. The Morgan fingerprint density at radius 2 is 1.88 bits per heavy atom. The van der Waals surface area contributed by atoms with Crippen molar-refractivity contribution in [2.24, 2.45) is 4.99 Å². The molecule has 0 aliphatic carbocycles. The number of halogens is 3. The number of rotatable bonds is 2. The van der Waals surface area contributed by atoms with Crippen molar-refractivity contribution in [1.29, 1.82) is 0 Å². The van der Waals surface area contributed by atoms with Crippen LogP contribution < -0.4 is 0 Å². The monoisotopic (exact) mass is 353 g/mol. The summed E-state index contributed by atoms with van der Waals surface area (Å²) < 4.78 is 43.6. The van der Waals surface area contributed by atoms with Gasteiger partial charge in [0, 0.05) is 30.3 Å². The van der Waals surface area contributed by atoms with Crippen LogP contribution in [0.3, 0.4) is 0 Å². The van der Waals surface area contributed by atoms with Crippen LogP contribution in [0.25, 0.3) is 22.5 Å². The molecule has 2 aromatic carbocycles. The van der Waals surface area contributed by atoms with Crippen molar-refractivity contribution in [3.05, 3.63) is 64.7 Å². The zero-order chi connectivity index (χ0) is 17.8. The first-order valence-electron chi connectivity index (χ1n) is 8.50. The summed E-state index contributed by atoms with van der Waals surface area (Å²) in [5.41, 5.74) is 4.10. The average Bonchev–Trinajstić information content (AvgIpc) is 3.34. The van der Waals surface area contributed by atoms with Crippen LogP contribution in [0.5, 0.6) is 0 Å². The van der Waals surface area contributed by atoms with Gasteiger partial charge in [-0.15, -0.1) is 0 Å². The highest BCUT2D eigenvalue weighted by molar-refractivity contribution is 5.88. The number of imidazole rings is 1. The number of aromatic nitrogens is 2. The lowest BCUT2D eigenvalue weighted by atomic mass is 10.00. The van der Waals surface area contributed by atoms with E-state index in [1.165, 1.54) is 6.07 Å². The van der Waals surface area contributed by atoms with Gasteiger partial charge in [0.2, 0.25) is 0 Å². The van der Waals surface area contributed by atoms with Crippen molar-refractivity contribution in [2.45, 2.75) is 25.9 Å². The molecule has 0 bridgehead atoms. The maximum Gasteiger partial charge on any atom is 0.195 e. The van der Waals surface area contributed by atoms with Gasteiger partial charge < -0.3 is 4.57 Å². The lowest BCUT2D eigenvalue weighted by molar-refractivity contribution is 0.449. The van der Waals surface area contributed by atoms with Crippen LogP contribution in [0.1, 0.15) is 23.4 Å². The third-order valence-electron chi connectivity index (χ3n) is 5.03. The molecule has 0 saturated heterocycles. The third-order valence-corrected chi connectivity index (χ3v) is 5.03. The number of aryl methyl sites for hydroxylation is 1. The molecule has 0 atom stereocenters. The molecule has 0 fully saturated rings. The van der Waals surface area contributed by atoms with Crippen molar-refractivity contribution in [3.63, 3.8) is 0 Å². The van der Waals surface area contributed by atoms with Crippen molar-refractivity contribution in [3.8, 4) is 22.5 Å². The van der Waals surface area contributed by atoms with Gasteiger partial charge in [-0.25, -0.2) is 18.2 Å². The fourth-order valence-corrected chi connectivity index (χ4v) is 3.76. The predicted octanol–water partition coefficient (Wildman–Crippen LogP) is 4.51. The van der Waals surface area contributed by atoms with E-state index in [4.69, 9.17) is 0 Å². The van der Waals surface area contributed by atoms with Crippen molar-refractivity contribution >= 4 is 6.21 Å². The standard InChI is InChI=1S/C20H14F3N3/c21-15-6-5-14(17(22)18(15)23)19-20(26-7-1-2-16(26)25-19)11-3-4-12-9-24-10-13(12)8-11/h3-6,8,10H,1-2,7,9H2. The Balaban J connectivity index is 1.76. The molecule has 0 saturated carbocycles.